The molecule has 0 aromatic carbocycles. The Hall–Kier alpha value is -3.27. The number of hydrogen-bond acceptors (Lipinski definition) is 8. The molecular weight excluding hydrogens is 344 g/mol. The summed E-state index contributed by atoms with van der Waals surface area (Å²) < 4.78 is 10.5. The van der Waals surface area contributed by atoms with Crippen molar-refractivity contribution in [2.45, 2.75) is 13.5 Å². The van der Waals surface area contributed by atoms with Crippen LogP contribution in [0.2, 0.25) is 0 Å². The first-order valence-electron chi connectivity index (χ1n) is 7.31. The van der Waals surface area contributed by atoms with E-state index in [0.717, 1.165) is 10.6 Å². The Morgan fingerprint density at radius 3 is 3.12 bits per heavy atom. The molecule has 0 radical (unpaired) electrons. The van der Waals surface area contributed by atoms with Crippen molar-refractivity contribution in [3.8, 4) is 22.2 Å². The predicted molar refractivity (Wildman–Crippen MR) is 87.6 cm³/mol. The van der Waals surface area contributed by atoms with Crippen molar-refractivity contribution in [1.82, 2.24) is 30.6 Å². The van der Waals surface area contributed by atoms with Gasteiger partial charge in [-0.05, 0) is 19.1 Å². The first-order valence-corrected chi connectivity index (χ1v) is 8.19. The largest absolute Gasteiger partial charge is 0.463 e. The molecule has 10 heteroatoms. The maximum absolute atomic E-state index is 12.2. The van der Waals surface area contributed by atoms with Crippen LogP contribution in [0, 0.1) is 6.92 Å². The summed E-state index contributed by atoms with van der Waals surface area (Å²) in [6, 6.07) is 5.14. The second-order valence-corrected chi connectivity index (χ2v) is 5.96. The standard InChI is InChI=1S/C15H12N6O3S/c1-8-13(25-7-17-8)15-18-12(21-24-15)6-16-14(22)10-5-9(19-20-10)11-3-2-4-23-11/h2-5,7H,6H2,1H3,(H,16,22)(H,19,20). The van der Waals surface area contributed by atoms with E-state index in [2.05, 4.69) is 30.6 Å². The number of aromatic amines is 1. The molecule has 0 saturated heterocycles. The number of H-pyrrole nitrogens is 1. The Kier molecular flexibility index (Phi) is 3.86. The topological polar surface area (TPSA) is 123 Å². The van der Waals surface area contributed by atoms with E-state index in [1.165, 1.54) is 11.3 Å². The first kappa shape index (κ1) is 15.3. The fraction of sp³-hybridized carbons (Fsp3) is 0.133. The highest BCUT2D eigenvalue weighted by Gasteiger charge is 2.16. The monoisotopic (exact) mass is 356 g/mol. The molecule has 0 bridgehead atoms. The number of aromatic nitrogens is 5. The molecule has 4 rings (SSSR count). The third-order valence-corrected chi connectivity index (χ3v) is 4.33. The molecule has 0 aliphatic rings. The lowest BCUT2D eigenvalue weighted by molar-refractivity contribution is 0.0944. The van der Waals surface area contributed by atoms with Crippen molar-refractivity contribution in [2.75, 3.05) is 0 Å². The highest BCUT2D eigenvalue weighted by molar-refractivity contribution is 7.13. The lowest BCUT2D eigenvalue weighted by atomic mass is 10.3. The molecule has 0 spiro atoms. The maximum Gasteiger partial charge on any atom is 0.272 e. The molecule has 25 heavy (non-hydrogen) atoms. The van der Waals surface area contributed by atoms with Gasteiger partial charge in [0.05, 0.1) is 24.0 Å². The van der Waals surface area contributed by atoms with E-state index in [9.17, 15) is 4.79 Å². The van der Waals surface area contributed by atoms with Crippen molar-refractivity contribution in [3.05, 3.63) is 47.2 Å². The van der Waals surface area contributed by atoms with Crippen molar-refractivity contribution in [1.29, 1.82) is 0 Å². The van der Waals surface area contributed by atoms with Crippen LogP contribution < -0.4 is 5.32 Å². The molecule has 126 valence electrons. The van der Waals surface area contributed by atoms with Crippen molar-refractivity contribution < 1.29 is 13.7 Å². The number of thiazole rings is 1. The summed E-state index contributed by atoms with van der Waals surface area (Å²) in [4.78, 5) is 21.4. The van der Waals surface area contributed by atoms with Gasteiger partial charge in [-0.25, -0.2) is 4.98 Å². The van der Waals surface area contributed by atoms with Crippen LogP contribution in [0.4, 0.5) is 0 Å². The van der Waals surface area contributed by atoms with Crippen LogP contribution in [-0.4, -0.2) is 31.2 Å². The van der Waals surface area contributed by atoms with Gasteiger partial charge in [0.2, 0.25) is 0 Å². The number of rotatable bonds is 5. The number of carbonyl (C=O) groups is 1. The number of nitrogens with one attached hydrogen (secondary N) is 2. The highest BCUT2D eigenvalue weighted by atomic mass is 32.1. The summed E-state index contributed by atoms with van der Waals surface area (Å²) in [5, 5.41) is 13.3. The van der Waals surface area contributed by atoms with E-state index in [1.807, 2.05) is 6.92 Å². The van der Waals surface area contributed by atoms with Crippen LogP contribution in [0.25, 0.3) is 22.2 Å². The number of hydrogen-bond donors (Lipinski definition) is 2. The van der Waals surface area contributed by atoms with Gasteiger partial charge in [0.15, 0.2) is 17.3 Å². The molecule has 4 aromatic rings. The SMILES string of the molecule is Cc1ncsc1-c1nc(CNC(=O)c2cc(-c3ccco3)[nH]n2)no1. The molecular formula is C15H12N6O3S. The Morgan fingerprint density at radius 2 is 2.36 bits per heavy atom. The molecule has 4 aromatic heterocycles. The van der Waals surface area contributed by atoms with Gasteiger partial charge in [-0.1, -0.05) is 5.16 Å². The third-order valence-electron chi connectivity index (χ3n) is 3.41. The van der Waals surface area contributed by atoms with E-state index >= 15 is 0 Å². The van der Waals surface area contributed by atoms with Crippen LogP contribution in [0.15, 0.2) is 38.9 Å². The van der Waals surface area contributed by atoms with Crippen LogP contribution in [0.1, 0.15) is 22.0 Å². The van der Waals surface area contributed by atoms with Gasteiger partial charge in [0.25, 0.3) is 11.8 Å². The van der Waals surface area contributed by atoms with Crippen molar-refractivity contribution >= 4 is 17.2 Å². The van der Waals surface area contributed by atoms with Crippen LogP contribution in [0.5, 0.6) is 0 Å². The summed E-state index contributed by atoms with van der Waals surface area (Å²) in [6.07, 6.45) is 1.55. The molecule has 9 nitrogen and oxygen atoms in total. The minimum Gasteiger partial charge on any atom is -0.463 e. The fourth-order valence-corrected chi connectivity index (χ4v) is 2.89. The Labute approximate surface area is 145 Å². The fourth-order valence-electron chi connectivity index (χ4n) is 2.17. The van der Waals surface area contributed by atoms with E-state index in [4.69, 9.17) is 8.94 Å². The molecule has 0 aliphatic carbocycles. The summed E-state index contributed by atoms with van der Waals surface area (Å²) in [5.41, 5.74) is 3.40. The summed E-state index contributed by atoms with van der Waals surface area (Å²) in [6.45, 7) is 1.99. The summed E-state index contributed by atoms with van der Waals surface area (Å²) in [7, 11) is 0. The Morgan fingerprint density at radius 1 is 1.44 bits per heavy atom. The van der Waals surface area contributed by atoms with Crippen molar-refractivity contribution in [3.63, 3.8) is 0 Å². The number of aryl methyl sites for hydroxylation is 1. The quantitative estimate of drug-likeness (QED) is 0.563. The van der Waals surface area contributed by atoms with Gasteiger partial charge in [0, 0.05) is 6.07 Å². The van der Waals surface area contributed by atoms with Gasteiger partial charge < -0.3 is 14.3 Å². The van der Waals surface area contributed by atoms with Gasteiger partial charge in [0.1, 0.15) is 10.6 Å². The number of nitrogens with zero attached hydrogens (tertiary/aromatic N) is 4. The number of carbonyl (C=O) groups excluding carboxylic acids is 1. The highest BCUT2D eigenvalue weighted by Crippen LogP contribution is 2.25. The van der Waals surface area contributed by atoms with Crippen LogP contribution >= 0.6 is 11.3 Å². The van der Waals surface area contributed by atoms with Gasteiger partial charge >= 0.3 is 0 Å². The first-order chi connectivity index (χ1) is 12.2. The number of amides is 1. The van der Waals surface area contributed by atoms with Gasteiger partial charge in [-0.3, -0.25) is 9.89 Å². The van der Waals surface area contributed by atoms with Crippen molar-refractivity contribution in [2.24, 2.45) is 0 Å². The molecule has 0 aliphatic heterocycles. The normalized spacial score (nSPS) is 10.9. The molecule has 0 fully saturated rings. The molecule has 4 heterocycles. The molecule has 2 N–H and O–H groups in total. The zero-order valence-corrected chi connectivity index (χ0v) is 13.8. The molecule has 0 saturated carbocycles. The average molecular weight is 356 g/mol. The minimum absolute atomic E-state index is 0.128. The number of furan rings is 1. The summed E-state index contributed by atoms with van der Waals surface area (Å²) >= 11 is 1.42. The zero-order valence-electron chi connectivity index (χ0n) is 13.0. The lowest BCUT2D eigenvalue weighted by Crippen LogP contribution is -2.23. The Bertz CT molecular complexity index is 1000. The summed E-state index contributed by atoms with van der Waals surface area (Å²) in [5.74, 6) is 1.02. The zero-order chi connectivity index (χ0) is 17.2. The molecule has 1 amide bonds. The molecule has 0 atom stereocenters. The van der Waals surface area contributed by atoms with E-state index in [1.54, 1.807) is 30.0 Å². The van der Waals surface area contributed by atoms with Gasteiger partial charge in [-0.2, -0.15) is 10.1 Å². The van der Waals surface area contributed by atoms with Crippen LogP contribution in [0.3, 0.4) is 0 Å². The van der Waals surface area contributed by atoms with E-state index in [0.29, 0.717) is 23.2 Å². The lowest BCUT2D eigenvalue weighted by Gasteiger charge is -1.97. The van der Waals surface area contributed by atoms with Gasteiger partial charge in [-0.15, -0.1) is 11.3 Å². The van der Waals surface area contributed by atoms with Crippen LogP contribution in [-0.2, 0) is 6.54 Å². The average Bonchev–Trinajstić information content (AvgIpc) is 3.37. The second kappa shape index (κ2) is 6.32. The second-order valence-electron chi connectivity index (χ2n) is 5.11. The minimum atomic E-state index is -0.352. The Balaban J connectivity index is 1.41. The smallest absolute Gasteiger partial charge is 0.272 e. The third kappa shape index (κ3) is 3.06. The van der Waals surface area contributed by atoms with E-state index in [-0.39, 0.29) is 18.1 Å². The predicted octanol–water partition coefficient (Wildman–Crippen LogP) is 2.41. The maximum atomic E-state index is 12.2. The molecule has 0 unspecified atom stereocenters. The van der Waals surface area contributed by atoms with E-state index < -0.39 is 0 Å².